The van der Waals surface area contributed by atoms with E-state index in [4.69, 9.17) is 5.73 Å². The fourth-order valence-electron chi connectivity index (χ4n) is 13.5. The van der Waals surface area contributed by atoms with E-state index < -0.39 is 83.3 Å². The van der Waals surface area contributed by atoms with E-state index in [1.54, 1.807) is 26.0 Å². The minimum Gasteiger partial charge on any atom is -0.393 e. The van der Waals surface area contributed by atoms with Crippen LogP contribution in [0.5, 0.6) is 0 Å². The molecular formula is C56H84N6O9. The van der Waals surface area contributed by atoms with Crippen LogP contribution in [0, 0.1) is 58.2 Å². The van der Waals surface area contributed by atoms with Gasteiger partial charge < -0.3 is 47.6 Å². The summed E-state index contributed by atoms with van der Waals surface area (Å²) in [5.74, 6) is -2.95. The van der Waals surface area contributed by atoms with Gasteiger partial charge in [-0.3, -0.25) is 28.8 Å². The fourth-order valence-corrected chi connectivity index (χ4v) is 13.5. The number of hydrogen-bond acceptors (Lipinski definition) is 9. The molecule has 0 spiro atoms. The molecule has 4 aliphatic rings. The molecule has 16 atom stereocenters. The van der Waals surface area contributed by atoms with Crippen LogP contribution in [0.1, 0.15) is 131 Å². The first kappa shape index (κ1) is 55.5. The molecule has 15 nitrogen and oxygen atoms in total. The molecule has 0 aliphatic heterocycles. The summed E-state index contributed by atoms with van der Waals surface area (Å²) in [5.41, 5.74) is 6.49. The number of carbonyl (C=O) groups is 6. The van der Waals surface area contributed by atoms with Gasteiger partial charge in [0.05, 0.1) is 18.3 Å². The van der Waals surface area contributed by atoms with Gasteiger partial charge in [-0.25, -0.2) is 0 Å². The lowest BCUT2D eigenvalue weighted by Crippen LogP contribution is -2.62. The molecule has 5 unspecified atom stereocenters. The van der Waals surface area contributed by atoms with E-state index in [2.05, 4.69) is 47.4 Å². The van der Waals surface area contributed by atoms with E-state index in [-0.39, 0.29) is 78.1 Å². The lowest BCUT2D eigenvalue weighted by Gasteiger charge is -2.63. The Balaban J connectivity index is 1.10. The molecule has 2 aromatic rings. The average molecular weight is 985 g/mol. The van der Waals surface area contributed by atoms with Crippen molar-refractivity contribution in [3.63, 3.8) is 0 Å². The lowest BCUT2D eigenvalue weighted by atomic mass is 9.43. The molecule has 4 fully saturated rings. The van der Waals surface area contributed by atoms with E-state index >= 15 is 0 Å². The van der Waals surface area contributed by atoms with Crippen molar-refractivity contribution in [1.82, 2.24) is 26.6 Å². The van der Waals surface area contributed by atoms with Gasteiger partial charge >= 0.3 is 0 Å². The highest BCUT2D eigenvalue weighted by Crippen LogP contribution is 2.68. The second kappa shape index (κ2) is 23.8. The van der Waals surface area contributed by atoms with Crippen LogP contribution in [0.15, 0.2) is 60.7 Å². The fraction of sp³-hybridized carbons (Fsp3) is 0.679. The molecule has 4 saturated carbocycles. The molecule has 6 amide bonds. The first-order valence-corrected chi connectivity index (χ1v) is 26.4. The van der Waals surface area contributed by atoms with Crippen molar-refractivity contribution in [2.45, 2.75) is 181 Å². The number of benzene rings is 2. The molecule has 0 aromatic heterocycles. The molecule has 15 heteroatoms. The SMILES string of the molecule is CC(C)C[C@@H](NC(=O)CC[C@@H](C)[C@H]1CCC2C3C(O)CC4C[C@H](O)CC[C@]4(C)C3C[C@H](O)[C@@]21C)C(=O)N[C@@H](C(=O)N[C@H](Cc1ccccc1)C(=O)N[C@H](Cc1ccccc1)C(=O)N[C@H](C)C(N)=O)C(C)C. The van der Waals surface area contributed by atoms with Gasteiger partial charge in [0.1, 0.15) is 30.2 Å². The van der Waals surface area contributed by atoms with E-state index in [1.165, 1.54) is 6.92 Å². The predicted molar refractivity (Wildman–Crippen MR) is 272 cm³/mol. The average Bonchev–Trinajstić information content (AvgIpc) is 3.68. The monoisotopic (exact) mass is 985 g/mol. The number of aliphatic hydroxyl groups is 3. The highest BCUT2D eigenvalue weighted by molar-refractivity contribution is 5.96. The molecule has 71 heavy (non-hydrogen) atoms. The Morgan fingerprint density at radius 3 is 1.79 bits per heavy atom. The second-order valence-electron chi connectivity index (χ2n) is 23.2. The molecule has 0 saturated heterocycles. The molecule has 0 heterocycles. The number of primary amides is 1. The van der Waals surface area contributed by atoms with Crippen molar-refractivity contribution in [1.29, 1.82) is 0 Å². The number of nitrogens with two attached hydrogens (primary N) is 1. The third-order valence-corrected chi connectivity index (χ3v) is 17.6. The summed E-state index contributed by atoms with van der Waals surface area (Å²) in [7, 11) is 0. The van der Waals surface area contributed by atoms with Crippen molar-refractivity contribution in [3.05, 3.63) is 71.8 Å². The normalized spacial score (nSPS) is 30.5. The smallest absolute Gasteiger partial charge is 0.243 e. The van der Waals surface area contributed by atoms with Crippen LogP contribution in [-0.2, 0) is 41.6 Å². The standard InChI is InChI=1S/C56H84N6O9/c1-31(2)25-42(59-47(66)22-19-33(5)39-20-21-40-48-41(30-46(65)56(39,40)8)55(7)24-23-38(63)28-37(55)29-45(48)64)53(70)62-49(32(3)4)54(71)61-44(27-36-17-13-10-14-18-36)52(69)60-43(26-35-15-11-9-12-16-35)51(68)58-34(6)50(57)67/h9-18,31-34,37-46,48-49,63-65H,19-30H2,1-8H3,(H2,57,67)(H,58,68)(H,59,66)(H,60,69)(H,61,71)(H,62,70)/t33-,34-,37?,38-,39-,40?,41?,42-,43-,44-,45?,46+,48?,49-,55+,56-/m1/s1. The second-order valence-corrected chi connectivity index (χ2v) is 23.2. The number of fused-ring (bicyclic) bond motifs is 5. The van der Waals surface area contributed by atoms with E-state index in [0.29, 0.717) is 32.1 Å². The number of hydrogen-bond donors (Lipinski definition) is 9. The maximum absolute atomic E-state index is 14.3. The van der Waals surface area contributed by atoms with Gasteiger partial charge in [-0.2, -0.15) is 0 Å². The van der Waals surface area contributed by atoms with Crippen molar-refractivity contribution in [2.75, 3.05) is 0 Å². The number of amides is 6. The number of nitrogens with one attached hydrogen (secondary N) is 5. The number of carbonyl (C=O) groups excluding carboxylic acids is 6. The zero-order valence-electron chi connectivity index (χ0n) is 43.4. The Bertz CT molecular complexity index is 2160. The maximum atomic E-state index is 14.3. The summed E-state index contributed by atoms with van der Waals surface area (Å²) in [6.45, 7) is 15.6. The Morgan fingerprint density at radius 1 is 0.662 bits per heavy atom. The van der Waals surface area contributed by atoms with Gasteiger partial charge in [-0.15, -0.1) is 0 Å². The van der Waals surface area contributed by atoms with Gasteiger partial charge in [0, 0.05) is 19.3 Å². The number of aliphatic hydroxyl groups excluding tert-OH is 3. The topological polar surface area (TPSA) is 249 Å². The minimum absolute atomic E-state index is 0.0144. The van der Waals surface area contributed by atoms with Gasteiger partial charge in [-0.05, 0) is 134 Å². The summed E-state index contributed by atoms with van der Waals surface area (Å²) >= 11 is 0. The van der Waals surface area contributed by atoms with Gasteiger partial charge in [0.25, 0.3) is 0 Å². The zero-order valence-corrected chi connectivity index (χ0v) is 43.4. The number of rotatable bonds is 21. The summed E-state index contributed by atoms with van der Waals surface area (Å²) in [6.07, 6.45) is 5.38. The maximum Gasteiger partial charge on any atom is 0.243 e. The summed E-state index contributed by atoms with van der Waals surface area (Å²) in [5, 5.41) is 48.4. The Hall–Kier alpha value is -4.86. The Kier molecular flexibility index (Phi) is 18.6. The molecular weight excluding hydrogens is 901 g/mol. The molecule has 392 valence electrons. The van der Waals surface area contributed by atoms with Crippen LogP contribution in [-0.4, -0.2) is 99.3 Å². The van der Waals surface area contributed by atoms with Crippen LogP contribution in [0.25, 0.3) is 0 Å². The first-order valence-electron chi connectivity index (χ1n) is 26.4. The molecule has 6 rings (SSSR count). The molecule has 0 bridgehead atoms. The summed E-state index contributed by atoms with van der Waals surface area (Å²) in [4.78, 5) is 82.0. The van der Waals surface area contributed by atoms with Crippen molar-refractivity contribution < 1.29 is 44.1 Å². The van der Waals surface area contributed by atoms with Crippen molar-refractivity contribution in [3.8, 4) is 0 Å². The third kappa shape index (κ3) is 13.0. The van der Waals surface area contributed by atoms with Gasteiger partial charge in [-0.1, -0.05) is 109 Å². The van der Waals surface area contributed by atoms with Crippen LogP contribution in [0.2, 0.25) is 0 Å². The van der Waals surface area contributed by atoms with Crippen LogP contribution in [0.4, 0.5) is 0 Å². The largest absolute Gasteiger partial charge is 0.393 e. The summed E-state index contributed by atoms with van der Waals surface area (Å²) in [6, 6.07) is 12.8. The minimum atomic E-state index is -1.18. The quantitative estimate of drug-likeness (QED) is 0.0855. The zero-order chi connectivity index (χ0) is 51.9. The predicted octanol–water partition coefficient (Wildman–Crippen LogP) is 4.48. The first-order chi connectivity index (χ1) is 33.5. The van der Waals surface area contributed by atoms with Crippen molar-refractivity contribution >= 4 is 35.4 Å². The van der Waals surface area contributed by atoms with E-state index in [0.717, 1.165) is 36.8 Å². The lowest BCUT2D eigenvalue weighted by molar-refractivity contribution is -0.207. The highest BCUT2D eigenvalue weighted by Gasteiger charge is 2.65. The van der Waals surface area contributed by atoms with Crippen LogP contribution < -0.4 is 32.3 Å². The Morgan fingerprint density at radius 2 is 1.23 bits per heavy atom. The summed E-state index contributed by atoms with van der Waals surface area (Å²) < 4.78 is 0. The van der Waals surface area contributed by atoms with Crippen molar-refractivity contribution in [2.24, 2.45) is 63.9 Å². The molecule has 0 radical (unpaired) electrons. The molecule has 2 aromatic carbocycles. The van der Waals surface area contributed by atoms with E-state index in [1.807, 2.05) is 62.4 Å². The third-order valence-electron chi connectivity index (χ3n) is 17.6. The van der Waals surface area contributed by atoms with Crippen LogP contribution in [0.3, 0.4) is 0 Å². The van der Waals surface area contributed by atoms with E-state index in [9.17, 15) is 44.1 Å². The van der Waals surface area contributed by atoms with Gasteiger partial charge in [0.15, 0.2) is 0 Å². The molecule has 10 N–H and O–H groups in total. The van der Waals surface area contributed by atoms with Gasteiger partial charge in [0.2, 0.25) is 35.4 Å². The highest BCUT2D eigenvalue weighted by atomic mass is 16.3. The Labute approximate surface area is 421 Å². The molecule has 4 aliphatic carbocycles. The van der Waals surface area contributed by atoms with Crippen LogP contribution >= 0.6 is 0 Å².